The van der Waals surface area contributed by atoms with Gasteiger partial charge in [0.2, 0.25) is 0 Å². The minimum Gasteiger partial charge on any atom is -0.299 e. The molecular formula is C17H17ClO. The van der Waals surface area contributed by atoms with E-state index >= 15 is 0 Å². The number of aryl methyl sites for hydroxylation is 1. The van der Waals surface area contributed by atoms with Crippen LogP contribution in [0, 0.1) is 6.92 Å². The zero-order chi connectivity index (χ0) is 13.8. The van der Waals surface area contributed by atoms with Crippen LogP contribution in [0.25, 0.3) is 0 Å². The predicted molar refractivity (Wildman–Crippen MR) is 79.8 cm³/mol. The van der Waals surface area contributed by atoms with Crippen molar-refractivity contribution in [3.8, 4) is 0 Å². The Labute approximate surface area is 119 Å². The molecule has 0 aliphatic heterocycles. The Bertz CT molecular complexity index is 575. The highest BCUT2D eigenvalue weighted by Crippen LogP contribution is 2.22. The van der Waals surface area contributed by atoms with Crippen LogP contribution in [0.15, 0.2) is 48.5 Å². The van der Waals surface area contributed by atoms with E-state index in [1.165, 1.54) is 0 Å². The smallest absolute Gasteiger partial charge is 0.144 e. The Hall–Kier alpha value is -1.60. The second-order valence-electron chi connectivity index (χ2n) is 4.87. The first kappa shape index (κ1) is 13.8. The fraction of sp³-hybridized carbons (Fsp3) is 0.235. The summed E-state index contributed by atoms with van der Waals surface area (Å²) in [6.07, 6.45) is 0.384. The van der Waals surface area contributed by atoms with Crippen LogP contribution in [-0.4, -0.2) is 5.78 Å². The summed E-state index contributed by atoms with van der Waals surface area (Å²) in [7, 11) is 0. The second-order valence-corrected chi connectivity index (χ2v) is 5.28. The van der Waals surface area contributed by atoms with Gasteiger partial charge in [0, 0.05) is 17.4 Å². The van der Waals surface area contributed by atoms with Gasteiger partial charge in [-0.2, -0.15) is 0 Å². The maximum Gasteiger partial charge on any atom is 0.144 e. The van der Waals surface area contributed by atoms with E-state index in [1.807, 2.05) is 62.4 Å². The van der Waals surface area contributed by atoms with Gasteiger partial charge >= 0.3 is 0 Å². The standard InChI is InChI=1S/C17H17ClO/c1-12-8-9-15(16(18)10-12)11-17(19)13(2)14-6-4-3-5-7-14/h3-10,13H,11H2,1-2H3. The molecule has 1 atom stereocenters. The number of ketones is 1. The molecule has 1 unspecified atom stereocenters. The molecule has 0 saturated carbocycles. The van der Waals surface area contributed by atoms with Crippen molar-refractivity contribution in [2.45, 2.75) is 26.2 Å². The van der Waals surface area contributed by atoms with Gasteiger partial charge in [-0.05, 0) is 29.7 Å². The Balaban J connectivity index is 2.13. The van der Waals surface area contributed by atoms with Crippen LogP contribution in [0.2, 0.25) is 5.02 Å². The molecule has 0 amide bonds. The quantitative estimate of drug-likeness (QED) is 0.797. The number of benzene rings is 2. The normalized spacial score (nSPS) is 12.2. The Kier molecular flexibility index (Phi) is 4.39. The van der Waals surface area contributed by atoms with Crippen molar-refractivity contribution in [3.05, 3.63) is 70.2 Å². The molecule has 0 aliphatic rings. The van der Waals surface area contributed by atoms with Gasteiger partial charge in [-0.1, -0.05) is 61.0 Å². The molecule has 2 rings (SSSR count). The van der Waals surface area contributed by atoms with Crippen molar-refractivity contribution >= 4 is 17.4 Å². The molecule has 19 heavy (non-hydrogen) atoms. The largest absolute Gasteiger partial charge is 0.299 e. The lowest BCUT2D eigenvalue weighted by Gasteiger charge is -2.11. The van der Waals surface area contributed by atoms with Crippen molar-refractivity contribution in [2.75, 3.05) is 0 Å². The van der Waals surface area contributed by atoms with E-state index in [2.05, 4.69) is 0 Å². The SMILES string of the molecule is Cc1ccc(CC(=O)C(C)c2ccccc2)c(Cl)c1. The second kappa shape index (κ2) is 6.03. The molecule has 0 aliphatic carbocycles. The van der Waals surface area contributed by atoms with Gasteiger partial charge in [-0.3, -0.25) is 4.79 Å². The summed E-state index contributed by atoms with van der Waals surface area (Å²) in [5.74, 6) is 0.0931. The fourth-order valence-corrected chi connectivity index (χ4v) is 2.37. The third kappa shape index (κ3) is 3.45. The maximum absolute atomic E-state index is 12.3. The monoisotopic (exact) mass is 272 g/mol. The highest BCUT2D eigenvalue weighted by molar-refractivity contribution is 6.31. The minimum atomic E-state index is -0.0985. The van der Waals surface area contributed by atoms with Gasteiger partial charge in [-0.15, -0.1) is 0 Å². The predicted octanol–water partition coefficient (Wildman–Crippen LogP) is 4.56. The van der Waals surface area contributed by atoms with Crippen LogP contribution < -0.4 is 0 Å². The number of hydrogen-bond donors (Lipinski definition) is 0. The van der Waals surface area contributed by atoms with Crippen molar-refractivity contribution in [1.82, 2.24) is 0 Å². The van der Waals surface area contributed by atoms with Crippen molar-refractivity contribution < 1.29 is 4.79 Å². The molecule has 0 saturated heterocycles. The lowest BCUT2D eigenvalue weighted by molar-refractivity contribution is -0.119. The first-order valence-corrected chi connectivity index (χ1v) is 6.78. The molecule has 0 N–H and O–H groups in total. The molecule has 0 aromatic heterocycles. The fourth-order valence-electron chi connectivity index (χ4n) is 2.06. The van der Waals surface area contributed by atoms with E-state index in [0.29, 0.717) is 11.4 Å². The van der Waals surface area contributed by atoms with Gasteiger partial charge in [-0.25, -0.2) is 0 Å². The number of hydrogen-bond acceptors (Lipinski definition) is 1. The lowest BCUT2D eigenvalue weighted by atomic mass is 9.92. The number of carbonyl (C=O) groups is 1. The van der Waals surface area contributed by atoms with Crippen LogP contribution in [0.5, 0.6) is 0 Å². The van der Waals surface area contributed by atoms with Crippen LogP contribution in [0.3, 0.4) is 0 Å². The molecule has 2 aromatic carbocycles. The first-order valence-electron chi connectivity index (χ1n) is 6.40. The number of Topliss-reactive ketones (excluding diaryl/α,β-unsaturated/α-hetero) is 1. The molecular weight excluding hydrogens is 256 g/mol. The Morgan fingerprint density at radius 1 is 1.16 bits per heavy atom. The van der Waals surface area contributed by atoms with Crippen LogP contribution in [-0.2, 0) is 11.2 Å². The van der Waals surface area contributed by atoms with Crippen LogP contribution in [0.1, 0.15) is 29.5 Å². The van der Waals surface area contributed by atoms with E-state index in [1.54, 1.807) is 0 Å². The van der Waals surface area contributed by atoms with Crippen LogP contribution >= 0.6 is 11.6 Å². The maximum atomic E-state index is 12.3. The molecule has 0 radical (unpaired) electrons. The molecule has 0 bridgehead atoms. The summed E-state index contributed by atoms with van der Waals surface area (Å²) in [5, 5.41) is 0.675. The summed E-state index contributed by atoms with van der Waals surface area (Å²) < 4.78 is 0. The lowest BCUT2D eigenvalue weighted by Crippen LogP contribution is -2.12. The average molecular weight is 273 g/mol. The molecule has 1 nitrogen and oxygen atoms in total. The summed E-state index contributed by atoms with van der Waals surface area (Å²) >= 11 is 6.17. The van der Waals surface area contributed by atoms with Crippen molar-refractivity contribution in [1.29, 1.82) is 0 Å². The summed E-state index contributed by atoms with van der Waals surface area (Å²) in [5.41, 5.74) is 3.06. The topological polar surface area (TPSA) is 17.1 Å². The highest BCUT2D eigenvalue weighted by atomic mass is 35.5. The van der Waals surface area contributed by atoms with Gasteiger partial charge in [0.25, 0.3) is 0 Å². The van der Waals surface area contributed by atoms with Crippen molar-refractivity contribution in [2.24, 2.45) is 0 Å². The Morgan fingerprint density at radius 3 is 2.47 bits per heavy atom. The third-order valence-corrected chi connectivity index (χ3v) is 3.71. The molecule has 0 heterocycles. The van der Waals surface area contributed by atoms with E-state index in [-0.39, 0.29) is 11.7 Å². The number of halogens is 1. The number of rotatable bonds is 4. The molecule has 98 valence electrons. The number of carbonyl (C=O) groups excluding carboxylic acids is 1. The van der Waals surface area contributed by atoms with Gasteiger partial charge in [0.1, 0.15) is 5.78 Å². The van der Waals surface area contributed by atoms with Crippen molar-refractivity contribution in [3.63, 3.8) is 0 Å². The van der Waals surface area contributed by atoms with E-state index in [0.717, 1.165) is 16.7 Å². The minimum absolute atomic E-state index is 0.0985. The van der Waals surface area contributed by atoms with E-state index in [4.69, 9.17) is 11.6 Å². The third-order valence-electron chi connectivity index (χ3n) is 3.36. The molecule has 2 aromatic rings. The zero-order valence-electron chi connectivity index (χ0n) is 11.2. The van der Waals surface area contributed by atoms with E-state index in [9.17, 15) is 4.79 Å². The summed E-state index contributed by atoms with van der Waals surface area (Å²) in [4.78, 5) is 12.3. The zero-order valence-corrected chi connectivity index (χ0v) is 11.9. The van der Waals surface area contributed by atoms with Gasteiger partial charge < -0.3 is 0 Å². The van der Waals surface area contributed by atoms with Crippen LogP contribution in [0.4, 0.5) is 0 Å². The summed E-state index contributed by atoms with van der Waals surface area (Å²) in [6.45, 7) is 3.93. The summed E-state index contributed by atoms with van der Waals surface area (Å²) in [6, 6.07) is 15.7. The van der Waals surface area contributed by atoms with Gasteiger partial charge in [0.15, 0.2) is 0 Å². The van der Waals surface area contributed by atoms with Gasteiger partial charge in [0.05, 0.1) is 0 Å². The molecule has 0 spiro atoms. The highest BCUT2D eigenvalue weighted by Gasteiger charge is 2.16. The molecule has 2 heteroatoms. The Morgan fingerprint density at radius 2 is 1.84 bits per heavy atom. The molecule has 0 fully saturated rings. The first-order chi connectivity index (χ1) is 9.08. The average Bonchev–Trinajstić information content (AvgIpc) is 2.42. The van der Waals surface area contributed by atoms with E-state index < -0.39 is 0 Å².